The lowest BCUT2D eigenvalue weighted by atomic mass is 10.1. The number of para-hydroxylation sites is 3. The maximum Gasteiger partial charge on any atom is 0.165 e. The molecular weight excluding hydrogens is 302 g/mol. The van der Waals surface area contributed by atoms with Crippen LogP contribution in [0.25, 0.3) is 11.0 Å². The minimum atomic E-state index is 0.615. The van der Waals surface area contributed by atoms with Crippen molar-refractivity contribution in [1.82, 2.24) is 14.9 Å². The number of fused-ring (bicyclic) bond motifs is 2. The van der Waals surface area contributed by atoms with Gasteiger partial charge in [0.25, 0.3) is 0 Å². The molecule has 4 rings (SSSR count). The van der Waals surface area contributed by atoms with Crippen LogP contribution in [0.15, 0.2) is 42.5 Å². The SMILES string of the molecule is Cc1nc2ccccc2n1CCNCc1cccc2c1OCCO2. The van der Waals surface area contributed by atoms with Crippen molar-refractivity contribution >= 4 is 11.0 Å². The third-order valence-electron chi connectivity index (χ3n) is 4.32. The number of nitrogens with one attached hydrogen (secondary N) is 1. The number of rotatable bonds is 5. The molecule has 24 heavy (non-hydrogen) atoms. The van der Waals surface area contributed by atoms with Gasteiger partial charge in [0.05, 0.1) is 11.0 Å². The Morgan fingerprint density at radius 1 is 1.08 bits per heavy atom. The van der Waals surface area contributed by atoms with Crippen LogP contribution >= 0.6 is 0 Å². The topological polar surface area (TPSA) is 48.3 Å². The molecule has 1 aromatic heterocycles. The van der Waals surface area contributed by atoms with E-state index in [0.29, 0.717) is 13.2 Å². The smallest absolute Gasteiger partial charge is 0.165 e. The van der Waals surface area contributed by atoms with Gasteiger partial charge in [0, 0.05) is 25.2 Å². The summed E-state index contributed by atoms with van der Waals surface area (Å²) < 4.78 is 13.6. The summed E-state index contributed by atoms with van der Waals surface area (Å²) in [5, 5.41) is 3.50. The van der Waals surface area contributed by atoms with Crippen molar-refractivity contribution in [3.05, 3.63) is 53.9 Å². The quantitative estimate of drug-likeness (QED) is 0.734. The van der Waals surface area contributed by atoms with Crippen LogP contribution in [0.2, 0.25) is 0 Å². The van der Waals surface area contributed by atoms with E-state index < -0.39 is 0 Å². The minimum absolute atomic E-state index is 0.615. The summed E-state index contributed by atoms with van der Waals surface area (Å²) in [6.07, 6.45) is 0. The highest BCUT2D eigenvalue weighted by molar-refractivity contribution is 5.75. The van der Waals surface area contributed by atoms with Gasteiger partial charge < -0.3 is 19.4 Å². The molecular formula is C19H21N3O2. The molecule has 0 amide bonds. The van der Waals surface area contributed by atoms with E-state index >= 15 is 0 Å². The lowest BCUT2D eigenvalue weighted by Crippen LogP contribution is -2.22. The molecule has 0 fully saturated rings. The number of aryl methyl sites for hydroxylation is 1. The molecule has 0 radical (unpaired) electrons. The number of imidazole rings is 1. The van der Waals surface area contributed by atoms with E-state index in [4.69, 9.17) is 9.47 Å². The Balaban J connectivity index is 1.41. The summed E-state index contributed by atoms with van der Waals surface area (Å²) in [4.78, 5) is 4.61. The Hall–Kier alpha value is -2.53. The summed E-state index contributed by atoms with van der Waals surface area (Å²) >= 11 is 0. The highest BCUT2D eigenvalue weighted by Gasteiger charge is 2.15. The summed E-state index contributed by atoms with van der Waals surface area (Å²) in [5.74, 6) is 2.77. The zero-order valence-electron chi connectivity index (χ0n) is 13.8. The van der Waals surface area contributed by atoms with Gasteiger partial charge in [-0.25, -0.2) is 4.98 Å². The summed E-state index contributed by atoms with van der Waals surface area (Å²) in [5.41, 5.74) is 3.38. The largest absolute Gasteiger partial charge is 0.486 e. The molecule has 0 spiro atoms. The van der Waals surface area contributed by atoms with Crippen LogP contribution in [0, 0.1) is 6.92 Å². The van der Waals surface area contributed by atoms with Gasteiger partial charge in [-0.1, -0.05) is 24.3 Å². The second-order valence-electron chi connectivity index (χ2n) is 5.92. The fraction of sp³-hybridized carbons (Fsp3) is 0.316. The maximum atomic E-state index is 5.75. The van der Waals surface area contributed by atoms with E-state index in [9.17, 15) is 0 Å². The second-order valence-corrected chi connectivity index (χ2v) is 5.92. The van der Waals surface area contributed by atoms with Crippen molar-refractivity contribution < 1.29 is 9.47 Å². The molecule has 1 N–H and O–H groups in total. The van der Waals surface area contributed by atoms with Gasteiger partial charge in [-0.15, -0.1) is 0 Å². The molecule has 1 aliphatic rings. The third-order valence-corrected chi connectivity index (χ3v) is 4.32. The summed E-state index contributed by atoms with van der Waals surface area (Å²) in [6.45, 7) is 5.81. The van der Waals surface area contributed by atoms with E-state index in [2.05, 4.69) is 46.1 Å². The molecule has 0 bridgehead atoms. The van der Waals surface area contributed by atoms with Gasteiger partial charge in [0.2, 0.25) is 0 Å². The van der Waals surface area contributed by atoms with E-state index in [-0.39, 0.29) is 0 Å². The van der Waals surface area contributed by atoms with Gasteiger partial charge >= 0.3 is 0 Å². The van der Waals surface area contributed by atoms with Gasteiger partial charge in [0.15, 0.2) is 11.5 Å². The lowest BCUT2D eigenvalue weighted by Gasteiger charge is -2.21. The van der Waals surface area contributed by atoms with Crippen molar-refractivity contribution in [3.8, 4) is 11.5 Å². The first-order valence-electron chi connectivity index (χ1n) is 8.33. The first kappa shape index (κ1) is 15.0. The number of ether oxygens (including phenoxy) is 2. The third kappa shape index (κ3) is 2.83. The van der Waals surface area contributed by atoms with Crippen LogP contribution in [0.5, 0.6) is 11.5 Å². The standard InChI is InChI=1S/C19H21N3O2/c1-14-21-16-6-2-3-7-17(16)22(14)10-9-20-13-15-5-4-8-18-19(15)24-12-11-23-18/h2-8,20H,9-13H2,1H3. The van der Waals surface area contributed by atoms with E-state index in [1.807, 2.05) is 18.2 Å². The fourth-order valence-corrected chi connectivity index (χ4v) is 3.17. The van der Waals surface area contributed by atoms with Gasteiger partial charge in [-0.2, -0.15) is 0 Å². The van der Waals surface area contributed by atoms with Crippen LogP contribution in [0.4, 0.5) is 0 Å². The molecule has 5 heteroatoms. The van der Waals surface area contributed by atoms with Crippen LogP contribution < -0.4 is 14.8 Å². The first-order chi connectivity index (χ1) is 11.8. The molecule has 0 saturated carbocycles. The Kier molecular flexibility index (Phi) is 4.09. The number of nitrogens with zero attached hydrogens (tertiary/aromatic N) is 2. The highest BCUT2D eigenvalue weighted by atomic mass is 16.6. The molecule has 0 unspecified atom stereocenters. The average Bonchev–Trinajstić information content (AvgIpc) is 2.94. The monoisotopic (exact) mass is 323 g/mol. The first-order valence-corrected chi connectivity index (χ1v) is 8.33. The predicted molar refractivity (Wildman–Crippen MR) is 93.6 cm³/mol. The molecule has 5 nitrogen and oxygen atoms in total. The highest BCUT2D eigenvalue weighted by Crippen LogP contribution is 2.33. The summed E-state index contributed by atoms with van der Waals surface area (Å²) in [6, 6.07) is 14.3. The fourth-order valence-electron chi connectivity index (χ4n) is 3.17. The molecule has 0 atom stereocenters. The zero-order chi connectivity index (χ0) is 16.4. The number of benzene rings is 2. The average molecular weight is 323 g/mol. The molecule has 2 heterocycles. The second kappa shape index (κ2) is 6.53. The molecule has 0 aliphatic carbocycles. The van der Waals surface area contributed by atoms with Crippen LogP contribution in [-0.2, 0) is 13.1 Å². The van der Waals surface area contributed by atoms with Crippen LogP contribution in [0.3, 0.4) is 0 Å². The lowest BCUT2D eigenvalue weighted by molar-refractivity contribution is 0.169. The molecule has 2 aromatic carbocycles. The maximum absolute atomic E-state index is 5.75. The Bertz CT molecular complexity index is 857. The Labute approximate surface area is 141 Å². The normalized spacial score (nSPS) is 13.4. The minimum Gasteiger partial charge on any atom is -0.486 e. The number of aromatic nitrogens is 2. The van der Waals surface area contributed by atoms with Crippen molar-refractivity contribution in [2.24, 2.45) is 0 Å². The number of hydrogen-bond acceptors (Lipinski definition) is 4. The van der Waals surface area contributed by atoms with Crippen molar-refractivity contribution in [1.29, 1.82) is 0 Å². The van der Waals surface area contributed by atoms with Gasteiger partial charge in [-0.05, 0) is 25.1 Å². The zero-order valence-corrected chi connectivity index (χ0v) is 13.8. The molecule has 124 valence electrons. The summed E-state index contributed by atoms with van der Waals surface area (Å²) in [7, 11) is 0. The molecule has 0 saturated heterocycles. The van der Waals surface area contributed by atoms with Crippen LogP contribution in [-0.4, -0.2) is 29.3 Å². The molecule has 3 aromatic rings. The Morgan fingerprint density at radius 2 is 1.96 bits per heavy atom. The number of hydrogen-bond donors (Lipinski definition) is 1. The van der Waals surface area contributed by atoms with E-state index in [1.54, 1.807) is 0 Å². The Morgan fingerprint density at radius 3 is 2.92 bits per heavy atom. The molecule has 1 aliphatic heterocycles. The van der Waals surface area contributed by atoms with Crippen molar-refractivity contribution in [2.45, 2.75) is 20.0 Å². The van der Waals surface area contributed by atoms with Crippen molar-refractivity contribution in [2.75, 3.05) is 19.8 Å². The van der Waals surface area contributed by atoms with Crippen molar-refractivity contribution in [3.63, 3.8) is 0 Å². The van der Waals surface area contributed by atoms with E-state index in [0.717, 1.165) is 48.0 Å². The van der Waals surface area contributed by atoms with Gasteiger partial charge in [-0.3, -0.25) is 0 Å². The predicted octanol–water partition coefficient (Wildman–Crippen LogP) is 2.91. The van der Waals surface area contributed by atoms with Gasteiger partial charge in [0.1, 0.15) is 19.0 Å². The van der Waals surface area contributed by atoms with E-state index in [1.165, 1.54) is 5.52 Å². The van der Waals surface area contributed by atoms with Crippen LogP contribution in [0.1, 0.15) is 11.4 Å².